The molecule has 1 N–H and O–H groups in total. The zero-order valence-corrected chi connectivity index (χ0v) is 16.2. The van der Waals surface area contributed by atoms with Crippen LogP contribution in [0.5, 0.6) is 0 Å². The molecule has 0 aliphatic carbocycles. The normalized spacial score (nSPS) is 11.6. The van der Waals surface area contributed by atoms with Crippen molar-refractivity contribution in [3.8, 4) is 0 Å². The summed E-state index contributed by atoms with van der Waals surface area (Å²) < 4.78 is 20.1. The number of hydrogen-bond acceptors (Lipinski definition) is 3. The molecule has 3 aromatic carbocycles. The smallest absolute Gasteiger partial charge is 0.261 e. The summed E-state index contributed by atoms with van der Waals surface area (Å²) in [5.41, 5.74) is 2.28. The van der Waals surface area contributed by atoms with Crippen molar-refractivity contribution in [2.75, 3.05) is 5.32 Å². The molecule has 144 valence electrons. The molecule has 1 amide bonds. The fourth-order valence-electron chi connectivity index (χ4n) is 2.86. The second-order valence-electron chi connectivity index (χ2n) is 6.53. The zero-order chi connectivity index (χ0) is 20.4. The molecule has 0 aliphatic rings. The first-order valence-electron chi connectivity index (χ1n) is 8.90. The number of carbonyl (C=O) groups is 1. The molecule has 0 aliphatic heterocycles. The van der Waals surface area contributed by atoms with Gasteiger partial charge in [-0.3, -0.25) is 4.79 Å². The quantitative estimate of drug-likeness (QED) is 0.452. The van der Waals surface area contributed by atoms with Gasteiger partial charge in [0.05, 0.1) is 0 Å². The molecule has 0 unspecified atom stereocenters. The van der Waals surface area contributed by atoms with Crippen LogP contribution in [0.3, 0.4) is 0 Å². The van der Waals surface area contributed by atoms with Crippen molar-refractivity contribution in [3.63, 3.8) is 0 Å². The van der Waals surface area contributed by atoms with Crippen molar-refractivity contribution >= 4 is 39.9 Å². The number of carbonyl (C=O) groups excluding carboxylic acids is 1. The molecule has 4 rings (SSSR count). The van der Waals surface area contributed by atoms with Crippen molar-refractivity contribution < 1.29 is 13.6 Å². The summed E-state index contributed by atoms with van der Waals surface area (Å²) in [6.45, 7) is 1.84. The lowest BCUT2D eigenvalue weighted by Crippen LogP contribution is -2.21. The number of halogens is 2. The highest BCUT2D eigenvalue weighted by Gasteiger charge is 2.14. The van der Waals surface area contributed by atoms with Gasteiger partial charge in [0, 0.05) is 16.1 Å². The monoisotopic (exact) mass is 406 g/mol. The molecular weight excluding hydrogens is 391 g/mol. The topological polar surface area (TPSA) is 54.6 Å². The van der Waals surface area contributed by atoms with Gasteiger partial charge in [-0.05, 0) is 61.0 Å². The molecule has 29 heavy (non-hydrogen) atoms. The largest absolute Gasteiger partial charge is 0.438 e. The molecular formula is C23H16ClFN2O2. The average Bonchev–Trinajstić information content (AvgIpc) is 2.72. The van der Waals surface area contributed by atoms with Crippen LogP contribution in [0.2, 0.25) is 5.02 Å². The lowest BCUT2D eigenvalue weighted by atomic mass is 10.1. The molecule has 0 bridgehead atoms. The minimum Gasteiger partial charge on any atom is -0.438 e. The van der Waals surface area contributed by atoms with Crippen molar-refractivity contribution in [2.24, 2.45) is 4.99 Å². The highest BCUT2D eigenvalue weighted by atomic mass is 35.5. The Morgan fingerprint density at radius 3 is 2.59 bits per heavy atom. The van der Waals surface area contributed by atoms with E-state index in [0.29, 0.717) is 16.3 Å². The number of nitrogens with one attached hydrogen (secondary N) is 1. The molecule has 0 fully saturated rings. The Morgan fingerprint density at radius 2 is 1.79 bits per heavy atom. The summed E-state index contributed by atoms with van der Waals surface area (Å²) >= 11 is 5.90. The van der Waals surface area contributed by atoms with Gasteiger partial charge in [0.1, 0.15) is 22.7 Å². The minimum atomic E-state index is -0.497. The molecule has 0 atom stereocenters. The maximum Gasteiger partial charge on any atom is 0.261 e. The third-order valence-corrected chi connectivity index (χ3v) is 4.58. The van der Waals surface area contributed by atoms with Crippen LogP contribution in [0, 0.1) is 12.7 Å². The first-order valence-corrected chi connectivity index (χ1v) is 9.28. The summed E-state index contributed by atoms with van der Waals surface area (Å²) in [4.78, 5) is 17.3. The van der Waals surface area contributed by atoms with Gasteiger partial charge < -0.3 is 9.73 Å². The summed E-state index contributed by atoms with van der Waals surface area (Å²) in [6, 6.07) is 20.2. The van der Waals surface area contributed by atoms with Gasteiger partial charge in [-0.25, -0.2) is 9.38 Å². The standard InChI is InChI=1S/C23H16ClFN2O2/c1-14-6-11-19(25)20(12-14)27-23-18(13-15-4-2-3-5-21(15)29-23)22(28)26-17-9-7-16(24)8-10-17/h2-13H,1H3,(H,26,28). The van der Waals surface area contributed by atoms with Crippen LogP contribution in [0.15, 0.2) is 82.2 Å². The molecule has 6 heteroatoms. The Morgan fingerprint density at radius 1 is 1.03 bits per heavy atom. The van der Waals surface area contributed by atoms with Crippen molar-refractivity contribution in [1.29, 1.82) is 0 Å². The zero-order valence-electron chi connectivity index (χ0n) is 15.4. The van der Waals surface area contributed by atoms with E-state index in [1.54, 1.807) is 48.5 Å². The molecule has 0 saturated heterocycles. The highest BCUT2D eigenvalue weighted by molar-refractivity contribution is 6.30. The van der Waals surface area contributed by atoms with E-state index in [1.165, 1.54) is 6.07 Å². The summed E-state index contributed by atoms with van der Waals surface area (Å²) in [5.74, 6) is -0.920. The number of amides is 1. The highest BCUT2D eigenvalue weighted by Crippen LogP contribution is 2.20. The van der Waals surface area contributed by atoms with Crippen LogP contribution in [0.1, 0.15) is 15.9 Å². The Balaban J connectivity index is 1.86. The first kappa shape index (κ1) is 18.9. The van der Waals surface area contributed by atoms with Crippen molar-refractivity contribution in [3.05, 3.63) is 100 Å². The predicted octanol–water partition coefficient (Wildman–Crippen LogP) is 6.02. The Kier molecular flexibility index (Phi) is 5.14. The number of hydrogen-bond donors (Lipinski definition) is 1. The first-order chi connectivity index (χ1) is 14.0. The van der Waals surface area contributed by atoms with Gasteiger partial charge in [-0.2, -0.15) is 0 Å². The molecule has 1 aromatic heterocycles. The second-order valence-corrected chi connectivity index (χ2v) is 6.97. The average molecular weight is 407 g/mol. The van der Waals surface area contributed by atoms with Gasteiger partial charge in [0.25, 0.3) is 5.91 Å². The number of para-hydroxylation sites is 1. The summed E-state index contributed by atoms with van der Waals surface area (Å²) in [5, 5.41) is 4.09. The number of anilines is 1. The maximum atomic E-state index is 14.2. The third-order valence-electron chi connectivity index (χ3n) is 4.33. The summed E-state index contributed by atoms with van der Waals surface area (Å²) in [7, 11) is 0. The molecule has 0 spiro atoms. The Labute approximate surface area is 171 Å². The van der Waals surface area contributed by atoms with Gasteiger partial charge in [0.15, 0.2) is 0 Å². The van der Waals surface area contributed by atoms with Crippen LogP contribution in [0.4, 0.5) is 15.8 Å². The van der Waals surface area contributed by atoms with Crippen LogP contribution in [-0.2, 0) is 0 Å². The van der Waals surface area contributed by atoms with Gasteiger partial charge in [0.2, 0.25) is 5.55 Å². The number of aryl methyl sites for hydroxylation is 1. The Hall–Kier alpha value is -3.44. The van der Waals surface area contributed by atoms with E-state index < -0.39 is 11.7 Å². The number of rotatable bonds is 3. The molecule has 4 aromatic rings. The van der Waals surface area contributed by atoms with E-state index in [4.69, 9.17) is 16.0 Å². The second kappa shape index (κ2) is 7.89. The number of nitrogens with zero attached hydrogens (tertiary/aromatic N) is 1. The summed E-state index contributed by atoms with van der Waals surface area (Å²) in [6.07, 6.45) is 0. The van der Waals surface area contributed by atoms with Gasteiger partial charge in [-0.15, -0.1) is 0 Å². The number of benzene rings is 3. The Bertz CT molecular complexity index is 1280. The van der Waals surface area contributed by atoms with E-state index in [0.717, 1.165) is 10.9 Å². The van der Waals surface area contributed by atoms with E-state index in [9.17, 15) is 9.18 Å². The molecule has 1 heterocycles. The third kappa shape index (κ3) is 4.20. The molecule has 4 nitrogen and oxygen atoms in total. The lowest BCUT2D eigenvalue weighted by molar-refractivity contribution is 0.102. The maximum absolute atomic E-state index is 14.2. The number of fused-ring (bicyclic) bond motifs is 1. The fraction of sp³-hybridized carbons (Fsp3) is 0.0435. The van der Waals surface area contributed by atoms with Gasteiger partial charge in [-0.1, -0.05) is 35.9 Å². The van der Waals surface area contributed by atoms with Gasteiger partial charge >= 0.3 is 0 Å². The van der Waals surface area contributed by atoms with Crippen LogP contribution < -0.4 is 10.9 Å². The molecule has 0 saturated carbocycles. The van der Waals surface area contributed by atoms with Crippen molar-refractivity contribution in [2.45, 2.75) is 6.92 Å². The van der Waals surface area contributed by atoms with E-state index in [1.807, 2.05) is 25.1 Å². The molecule has 0 radical (unpaired) electrons. The van der Waals surface area contributed by atoms with Crippen LogP contribution in [-0.4, -0.2) is 5.91 Å². The predicted molar refractivity (Wildman–Crippen MR) is 112 cm³/mol. The fourth-order valence-corrected chi connectivity index (χ4v) is 2.99. The SMILES string of the molecule is Cc1ccc(F)c(N=c2oc3ccccc3cc2C(=O)Nc2ccc(Cl)cc2)c1. The van der Waals surface area contributed by atoms with E-state index in [2.05, 4.69) is 10.3 Å². The van der Waals surface area contributed by atoms with Crippen molar-refractivity contribution in [1.82, 2.24) is 0 Å². The van der Waals surface area contributed by atoms with E-state index >= 15 is 0 Å². The van der Waals surface area contributed by atoms with E-state index in [-0.39, 0.29) is 16.8 Å². The lowest BCUT2D eigenvalue weighted by Gasteiger charge is -2.07. The van der Waals surface area contributed by atoms with Crippen LogP contribution in [0.25, 0.3) is 11.0 Å². The minimum absolute atomic E-state index is 0.0275. The van der Waals surface area contributed by atoms with Crippen LogP contribution >= 0.6 is 11.6 Å².